The van der Waals surface area contributed by atoms with Gasteiger partial charge in [0.15, 0.2) is 0 Å². The van der Waals surface area contributed by atoms with Gasteiger partial charge in [-0.25, -0.2) is 8.78 Å². The average Bonchev–Trinajstić information content (AvgIpc) is 2.79. The predicted octanol–water partition coefficient (Wildman–Crippen LogP) is 3.42. The summed E-state index contributed by atoms with van der Waals surface area (Å²) < 4.78 is 27.9. The molecule has 2 aromatic carbocycles. The number of imide groups is 1. The number of benzene rings is 2. The first-order valence-corrected chi connectivity index (χ1v) is 11.1. The minimum Gasteiger partial charge on any atom is -0.288 e. The molecule has 1 heterocycles. The fraction of sp³-hybridized carbons (Fsp3) is 0.222. The summed E-state index contributed by atoms with van der Waals surface area (Å²) in [5, 5.41) is 2.29. The van der Waals surface area contributed by atoms with E-state index in [1.54, 1.807) is 12.1 Å². The van der Waals surface area contributed by atoms with Gasteiger partial charge in [-0.15, -0.1) is 0 Å². The van der Waals surface area contributed by atoms with E-state index in [9.17, 15) is 18.4 Å². The molecule has 24 heavy (non-hydrogen) atoms. The van der Waals surface area contributed by atoms with E-state index >= 15 is 0 Å². The molecule has 2 amide bonds. The molecule has 1 aliphatic heterocycles. The van der Waals surface area contributed by atoms with Crippen molar-refractivity contribution in [2.24, 2.45) is 0 Å². The summed E-state index contributed by atoms with van der Waals surface area (Å²) in [6.45, 7) is 4.04. The maximum Gasteiger partial charge on any atom is 0.259 e. The van der Waals surface area contributed by atoms with Gasteiger partial charge < -0.3 is 0 Å². The molecule has 6 heteroatoms. The van der Waals surface area contributed by atoms with E-state index in [0.29, 0.717) is 23.2 Å². The predicted molar refractivity (Wildman–Crippen MR) is 89.5 cm³/mol. The normalized spacial score (nSPS) is 13.8. The highest BCUT2D eigenvalue weighted by Gasteiger charge is 2.32. The van der Waals surface area contributed by atoms with E-state index in [-0.39, 0.29) is 5.56 Å². The third-order valence-corrected chi connectivity index (χ3v) is 6.88. The maximum atomic E-state index is 13.9. The minimum atomic E-state index is -2.11. The van der Waals surface area contributed by atoms with E-state index in [1.807, 2.05) is 19.2 Å². The van der Waals surface area contributed by atoms with Crippen molar-refractivity contribution in [3.05, 3.63) is 70.3 Å². The van der Waals surface area contributed by atoms with Crippen molar-refractivity contribution in [1.82, 2.24) is 5.32 Å². The molecule has 3 nitrogen and oxygen atoms in total. The molecular weight excluding hydrogens is 328 g/mol. The molecule has 124 valence electrons. The zero-order chi connectivity index (χ0) is 17.5. The number of amides is 2. The van der Waals surface area contributed by atoms with Crippen molar-refractivity contribution in [3.8, 4) is 0 Å². The largest absolute Gasteiger partial charge is 0.288 e. The van der Waals surface area contributed by atoms with Gasteiger partial charge in [0, 0.05) is 5.56 Å². The Kier molecular flexibility index (Phi) is 4.09. The summed E-state index contributed by atoms with van der Waals surface area (Å²) in [7, 11) is -2.11. The number of rotatable bonds is 4. The lowest BCUT2D eigenvalue weighted by Gasteiger charge is -2.24. The lowest BCUT2D eigenvalue weighted by Crippen LogP contribution is -2.34. The Morgan fingerprint density at radius 2 is 1.54 bits per heavy atom. The van der Waals surface area contributed by atoms with E-state index < -0.39 is 31.5 Å². The fourth-order valence-electron chi connectivity index (χ4n) is 3.20. The average molecular weight is 345 g/mol. The van der Waals surface area contributed by atoms with Crippen LogP contribution in [0.5, 0.6) is 0 Å². The van der Waals surface area contributed by atoms with Crippen molar-refractivity contribution in [1.29, 1.82) is 0 Å². The van der Waals surface area contributed by atoms with E-state index in [0.717, 1.165) is 5.56 Å². The summed E-state index contributed by atoms with van der Waals surface area (Å²) in [5.41, 5.74) is 1.64. The highest BCUT2D eigenvalue weighted by atomic mass is 28.3. The van der Waals surface area contributed by atoms with Crippen molar-refractivity contribution >= 4 is 19.9 Å². The summed E-state index contributed by atoms with van der Waals surface area (Å²) in [6.07, 6.45) is 0. The molecule has 0 aromatic heterocycles. The Hall–Kier alpha value is -2.34. The third-order valence-electron chi connectivity index (χ3n) is 4.24. The van der Waals surface area contributed by atoms with E-state index in [1.165, 1.54) is 18.2 Å². The van der Waals surface area contributed by atoms with Gasteiger partial charge in [-0.2, -0.15) is 0 Å². The summed E-state index contributed by atoms with van der Waals surface area (Å²) in [6, 6.07) is 9.91. The molecule has 0 saturated carbocycles. The standard InChI is InChI=1S/C18H17F2NO2Si/c1-24(2,10-13-14(19)7-4-8-15(13)20)9-11-5-3-6-12-16(11)18(23)21-17(12)22/h3-8H,9-10H2,1-2H3,(H,21,22,23). The van der Waals surface area contributed by atoms with Crippen molar-refractivity contribution in [2.75, 3.05) is 0 Å². The van der Waals surface area contributed by atoms with Crippen LogP contribution in [0.1, 0.15) is 31.8 Å². The zero-order valence-corrected chi connectivity index (χ0v) is 14.5. The van der Waals surface area contributed by atoms with E-state index in [4.69, 9.17) is 0 Å². The van der Waals surface area contributed by atoms with Gasteiger partial charge in [0.2, 0.25) is 0 Å². The molecule has 1 N–H and O–H groups in total. The van der Waals surface area contributed by atoms with Crippen LogP contribution in [0.25, 0.3) is 0 Å². The first kappa shape index (κ1) is 16.5. The van der Waals surface area contributed by atoms with Crippen LogP contribution in [0.2, 0.25) is 13.1 Å². The Balaban J connectivity index is 1.91. The van der Waals surface area contributed by atoms with Crippen LogP contribution in [0.15, 0.2) is 36.4 Å². The topological polar surface area (TPSA) is 46.2 Å². The van der Waals surface area contributed by atoms with Crippen LogP contribution >= 0.6 is 0 Å². The van der Waals surface area contributed by atoms with Crippen LogP contribution in [0, 0.1) is 11.6 Å². The Bertz CT molecular complexity index is 829. The van der Waals surface area contributed by atoms with Gasteiger partial charge in [0.25, 0.3) is 11.8 Å². The van der Waals surface area contributed by atoms with Gasteiger partial charge in [-0.3, -0.25) is 14.9 Å². The van der Waals surface area contributed by atoms with Gasteiger partial charge in [-0.05, 0) is 35.9 Å². The molecule has 0 spiro atoms. The number of hydrogen-bond acceptors (Lipinski definition) is 2. The quantitative estimate of drug-likeness (QED) is 0.682. The lowest BCUT2D eigenvalue weighted by molar-refractivity contribution is 0.0879. The Labute approximate surface area is 139 Å². The van der Waals surface area contributed by atoms with Gasteiger partial charge in [0.05, 0.1) is 19.2 Å². The number of carbonyl (C=O) groups is 2. The molecule has 3 rings (SSSR count). The van der Waals surface area contributed by atoms with Crippen LogP contribution in [0.4, 0.5) is 8.78 Å². The number of nitrogens with one attached hydrogen (secondary N) is 1. The number of hydrogen-bond donors (Lipinski definition) is 1. The number of halogens is 2. The second-order valence-electron chi connectivity index (χ2n) is 6.84. The Morgan fingerprint density at radius 1 is 0.917 bits per heavy atom. The first-order valence-electron chi connectivity index (χ1n) is 7.69. The highest BCUT2D eigenvalue weighted by molar-refractivity contribution is 6.76. The van der Waals surface area contributed by atoms with Crippen molar-refractivity contribution < 1.29 is 18.4 Å². The van der Waals surface area contributed by atoms with Crippen LogP contribution < -0.4 is 5.32 Å². The zero-order valence-electron chi connectivity index (χ0n) is 13.5. The first-order chi connectivity index (χ1) is 11.3. The molecule has 0 aliphatic carbocycles. The molecule has 0 bridgehead atoms. The summed E-state index contributed by atoms with van der Waals surface area (Å²) >= 11 is 0. The Morgan fingerprint density at radius 3 is 2.21 bits per heavy atom. The van der Waals surface area contributed by atoms with Crippen LogP contribution in [0.3, 0.4) is 0 Å². The second kappa shape index (κ2) is 5.94. The molecule has 1 aliphatic rings. The number of fused-ring (bicyclic) bond motifs is 1. The molecule has 0 saturated heterocycles. The monoisotopic (exact) mass is 345 g/mol. The van der Waals surface area contributed by atoms with Gasteiger partial charge in [-0.1, -0.05) is 31.3 Å². The molecular formula is C18H17F2NO2Si. The SMILES string of the molecule is C[Si](C)(Cc1cccc2c1C(=O)NC2=O)Cc1c(F)cccc1F. The van der Waals surface area contributed by atoms with Crippen LogP contribution in [-0.2, 0) is 12.1 Å². The summed E-state index contributed by atoms with van der Waals surface area (Å²) in [4.78, 5) is 23.8. The van der Waals surface area contributed by atoms with Gasteiger partial charge in [0.1, 0.15) is 11.6 Å². The van der Waals surface area contributed by atoms with Crippen molar-refractivity contribution in [2.45, 2.75) is 25.2 Å². The maximum absolute atomic E-state index is 13.9. The number of carbonyl (C=O) groups excluding carboxylic acids is 2. The fourth-order valence-corrected chi connectivity index (χ4v) is 5.94. The highest BCUT2D eigenvalue weighted by Crippen LogP contribution is 2.26. The van der Waals surface area contributed by atoms with Crippen LogP contribution in [-0.4, -0.2) is 19.9 Å². The lowest BCUT2D eigenvalue weighted by atomic mass is 10.0. The van der Waals surface area contributed by atoms with Gasteiger partial charge >= 0.3 is 0 Å². The molecule has 0 fully saturated rings. The molecule has 0 unspecified atom stereocenters. The third kappa shape index (κ3) is 3.01. The molecule has 0 radical (unpaired) electrons. The minimum absolute atomic E-state index is 0.0993. The summed E-state index contributed by atoms with van der Waals surface area (Å²) in [5.74, 6) is -1.87. The van der Waals surface area contributed by atoms with Crippen molar-refractivity contribution in [3.63, 3.8) is 0 Å². The molecule has 2 aromatic rings. The smallest absolute Gasteiger partial charge is 0.259 e. The second-order valence-corrected chi connectivity index (χ2v) is 11.9. The van der Waals surface area contributed by atoms with E-state index in [2.05, 4.69) is 5.32 Å². The molecule has 0 atom stereocenters.